The topological polar surface area (TPSA) is 45.2 Å². The maximum atomic E-state index is 12.2. The highest BCUT2D eigenvalue weighted by Crippen LogP contribution is 2.24. The molecule has 1 aliphatic heterocycles. The molecule has 1 aromatic carbocycles. The van der Waals surface area contributed by atoms with Crippen molar-refractivity contribution in [3.05, 3.63) is 40.9 Å². The summed E-state index contributed by atoms with van der Waals surface area (Å²) in [5.41, 5.74) is 3.31. The Labute approximate surface area is 141 Å². The van der Waals surface area contributed by atoms with Crippen molar-refractivity contribution in [2.75, 3.05) is 19.6 Å². The standard InChI is InChI=1S/C18H23N3OS/c1-3-21-8-7-15(11-21)17(22)19-10-16-12-23-18(20-16)14-6-4-5-13(2)9-14/h4-6,9,12,15H,3,7-8,10-11H2,1-2H3,(H,19,22). The first-order chi connectivity index (χ1) is 11.2. The van der Waals surface area contributed by atoms with Crippen LogP contribution in [0.25, 0.3) is 10.6 Å². The van der Waals surface area contributed by atoms with E-state index in [9.17, 15) is 4.79 Å². The number of rotatable bonds is 5. The molecule has 3 rings (SSSR count). The highest BCUT2D eigenvalue weighted by atomic mass is 32.1. The number of aryl methyl sites for hydroxylation is 1. The average molecular weight is 329 g/mol. The zero-order valence-electron chi connectivity index (χ0n) is 13.7. The SMILES string of the molecule is CCN1CCC(C(=O)NCc2csc(-c3cccc(C)c3)n2)C1. The minimum atomic E-state index is 0.129. The van der Waals surface area contributed by atoms with Gasteiger partial charge in [0.2, 0.25) is 5.91 Å². The lowest BCUT2D eigenvalue weighted by Gasteiger charge is -2.12. The molecule has 0 bridgehead atoms. The number of aromatic nitrogens is 1. The molecule has 1 fully saturated rings. The van der Waals surface area contributed by atoms with Crippen molar-refractivity contribution in [2.24, 2.45) is 5.92 Å². The normalized spacial score (nSPS) is 18.3. The van der Waals surface area contributed by atoms with Gasteiger partial charge in [-0.25, -0.2) is 4.98 Å². The Morgan fingerprint density at radius 3 is 3.09 bits per heavy atom. The Morgan fingerprint density at radius 2 is 2.35 bits per heavy atom. The van der Waals surface area contributed by atoms with Gasteiger partial charge in [0.25, 0.3) is 0 Å². The molecule has 1 aliphatic rings. The van der Waals surface area contributed by atoms with Crippen LogP contribution >= 0.6 is 11.3 Å². The Balaban J connectivity index is 1.56. The molecular weight excluding hydrogens is 306 g/mol. The predicted molar refractivity (Wildman–Crippen MR) is 94.4 cm³/mol. The summed E-state index contributed by atoms with van der Waals surface area (Å²) in [6.45, 7) is 7.68. The van der Waals surface area contributed by atoms with Crippen LogP contribution in [-0.4, -0.2) is 35.4 Å². The average Bonchev–Trinajstić information content (AvgIpc) is 3.22. The van der Waals surface area contributed by atoms with E-state index in [1.807, 2.05) is 11.4 Å². The lowest BCUT2D eigenvalue weighted by molar-refractivity contribution is -0.124. The van der Waals surface area contributed by atoms with Crippen LogP contribution in [0, 0.1) is 12.8 Å². The fourth-order valence-electron chi connectivity index (χ4n) is 2.95. The molecule has 0 saturated carbocycles. The van der Waals surface area contributed by atoms with E-state index in [2.05, 4.69) is 47.2 Å². The van der Waals surface area contributed by atoms with Crippen LogP contribution in [0.5, 0.6) is 0 Å². The van der Waals surface area contributed by atoms with Gasteiger partial charge in [0.15, 0.2) is 0 Å². The summed E-state index contributed by atoms with van der Waals surface area (Å²) in [6, 6.07) is 8.34. The van der Waals surface area contributed by atoms with Gasteiger partial charge in [-0.2, -0.15) is 0 Å². The zero-order chi connectivity index (χ0) is 16.2. The van der Waals surface area contributed by atoms with Crippen LogP contribution in [0.15, 0.2) is 29.6 Å². The Hall–Kier alpha value is -1.72. The third-order valence-electron chi connectivity index (χ3n) is 4.35. The molecule has 0 radical (unpaired) electrons. The van der Waals surface area contributed by atoms with Gasteiger partial charge in [-0.05, 0) is 32.5 Å². The predicted octanol–water partition coefficient (Wildman–Crippen LogP) is 3.08. The van der Waals surface area contributed by atoms with Crippen molar-refractivity contribution < 1.29 is 4.79 Å². The van der Waals surface area contributed by atoms with E-state index in [0.717, 1.165) is 42.3 Å². The van der Waals surface area contributed by atoms with Crippen LogP contribution < -0.4 is 5.32 Å². The highest BCUT2D eigenvalue weighted by Gasteiger charge is 2.27. The van der Waals surface area contributed by atoms with Gasteiger partial charge in [0, 0.05) is 17.5 Å². The van der Waals surface area contributed by atoms with Crippen molar-refractivity contribution in [3.63, 3.8) is 0 Å². The lowest BCUT2D eigenvalue weighted by Crippen LogP contribution is -2.32. The Morgan fingerprint density at radius 1 is 1.48 bits per heavy atom. The molecule has 1 saturated heterocycles. The van der Waals surface area contributed by atoms with E-state index in [-0.39, 0.29) is 11.8 Å². The third kappa shape index (κ3) is 3.98. The zero-order valence-corrected chi connectivity index (χ0v) is 14.5. The van der Waals surface area contributed by atoms with Crippen LogP contribution in [-0.2, 0) is 11.3 Å². The number of nitrogens with zero attached hydrogens (tertiary/aromatic N) is 2. The van der Waals surface area contributed by atoms with Crippen LogP contribution in [0.4, 0.5) is 0 Å². The molecule has 1 atom stereocenters. The molecule has 5 heteroatoms. The molecule has 1 aromatic heterocycles. The molecule has 4 nitrogen and oxygen atoms in total. The number of carbonyl (C=O) groups excluding carboxylic acids is 1. The van der Waals surface area contributed by atoms with E-state index in [4.69, 9.17) is 0 Å². The van der Waals surface area contributed by atoms with Gasteiger partial charge in [0.1, 0.15) is 5.01 Å². The second-order valence-electron chi connectivity index (χ2n) is 6.11. The van der Waals surface area contributed by atoms with E-state index in [1.165, 1.54) is 5.56 Å². The van der Waals surface area contributed by atoms with E-state index in [1.54, 1.807) is 11.3 Å². The number of thiazole rings is 1. The van der Waals surface area contributed by atoms with Crippen molar-refractivity contribution in [1.82, 2.24) is 15.2 Å². The maximum Gasteiger partial charge on any atom is 0.224 e. The number of carbonyl (C=O) groups is 1. The second-order valence-corrected chi connectivity index (χ2v) is 6.97. The summed E-state index contributed by atoms with van der Waals surface area (Å²) in [4.78, 5) is 19.2. The summed E-state index contributed by atoms with van der Waals surface area (Å²) in [7, 11) is 0. The van der Waals surface area contributed by atoms with Crippen molar-refractivity contribution in [1.29, 1.82) is 0 Å². The smallest absolute Gasteiger partial charge is 0.224 e. The number of hydrogen-bond donors (Lipinski definition) is 1. The van der Waals surface area contributed by atoms with E-state index < -0.39 is 0 Å². The molecule has 0 spiro atoms. The Kier molecular flexibility index (Phi) is 5.08. The van der Waals surface area contributed by atoms with Crippen molar-refractivity contribution >= 4 is 17.2 Å². The van der Waals surface area contributed by atoms with Gasteiger partial charge >= 0.3 is 0 Å². The number of likely N-dealkylation sites (tertiary alicyclic amines) is 1. The first-order valence-electron chi connectivity index (χ1n) is 8.17. The molecule has 2 aromatic rings. The first kappa shape index (κ1) is 16.1. The minimum absolute atomic E-state index is 0.129. The largest absolute Gasteiger partial charge is 0.350 e. The van der Waals surface area contributed by atoms with Crippen LogP contribution in [0.1, 0.15) is 24.6 Å². The maximum absolute atomic E-state index is 12.2. The highest BCUT2D eigenvalue weighted by molar-refractivity contribution is 7.13. The fraction of sp³-hybridized carbons (Fsp3) is 0.444. The van der Waals surface area contributed by atoms with Crippen LogP contribution in [0.2, 0.25) is 0 Å². The fourth-order valence-corrected chi connectivity index (χ4v) is 3.77. The molecule has 122 valence electrons. The van der Waals surface area contributed by atoms with E-state index in [0.29, 0.717) is 6.54 Å². The summed E-state index contributed by atoms with van der Waals surface area (Å²) < 4.78 is 0. The van der Waals surface area contributed by atoms with Gasteiger partial charge in [0.05, 0.1) is 18.2 Å². The lowest BCUT2D eigenvalue weighted by atomic mass is 10.1. The van der Waals surface area contributed by atoms with Crippen LogP contribution in [0.3, 0.4) is 0 Å². The van der Waals surface area contributed by atoms with Crippen molar-refractivity contribution in [2.45, 2.75) is 26.8 Å². The minimum Gasteiger partial charge on any atom is -0.350 e. The van der Waals surface area contributed by atoms with Gasteiger partial charge in [-0.1, -0.05) is 30.7 Å². The number of hydrogen-bond acceptors (Lipinski definition) is 4. The molecule has 1 N–H and O–H groups in total. The summed E-state index contributed by atoms with van der Waals surface area (Å²) in [5, 5.41) is 6.08. The van der Waals surface area contributed by atoms with Gasteiger partial charge in [-0.15, -0.1) is 11.3 Å². The van der Waals surface area contributed by atoms with Gasteiger partial charge in [-0.3, -0.25) is 4.79 Å². The number of amides is 1. The molecule has 1 amide bonds. The second kappa shape index (κ2) is 7.23. The molecule has 1 unspecified atom stereocenters. The molecular formula is C18H23N3OS. The number of benzene rings is 1. The third-order valence-corrected chi connectivity index (χ3v) is 5.29. The number of nitrogens with one attached hydrogen (secondary N) is 1. The summed E-state index contributed by atoms with van der Waals surface area (Å²) in [5.74, 6) is 0.288. The molecule has 23 heavy (non-hydrogen) atoms. The summed E-state index contributed by atoms with van der Waals surface area (Å²) in [6.07, 6.45) is 0.964. The molecule has 2 heterocycles. The monoisotopic (exact) mass is 329 g/mol. The quantitative estimate of drug-likeness (QED) is 0.917. The molecule has 0 aliphatic carbocycles. The first-order valence-corrected chi connectivity index (χ1v) is 9.05. The van der Waals surface area contributed by atoms with E-state index >= 15 is 0 Å². The van der Waals surface area contributed by atoms with Gasteiger partial charge < -0.3 is 10.2 Å². The Bertz CT molecular complexity index is 682. The van der Waals surface area contributed by atoms with Crippen molar-refractivity contribution in [3.8, 4) is 10.6 Å². The summed E-state index contributed by atoms with van der Waals surface area (Å²) >= 11 is 1.63.